The van der Waals surface area contributed by atoms with Crippen LogP contribution in [0.3, 0.4) is 0 Å². The van der Waals surface area contributed by atoms with E-state index in [4.69, 9.17) is 10.5 Å². The molecular weight excluding hydrogens is 232 g/mol. The standard InChI is InChI=1S/C13H18N2O3/c14-11-6-12(8-16)15(7-11)13(17)18-9-10-4-2-1-3-5-10/h1-5,11-12,16H,6-9,14H2/t11-,12-/m1/s1. The van der Waals surface area contributed by atoms with Crippen molar-refractivity contribution in [2.24, 2.45) is 5.73 Å². The van der Waals surface area contributed by atoms with Gasteiger partial charge < -0.3 is 20.5 Å². The highest BCUT2D eigenvalue weighted by molar-refractivity contribution is 5.68. The average Bonchev–Trinajstić information content (AvgIpc) is 2.78. The number of benzene rings is 1. The van der Waals surface area contributed by atoms with Gasteiger partial charge in [-0.3, -0.25) is 0 Å². The molecule has 0 radical (unpaired) electrons. The van der Waals surface area contributed by atoms with Crippen molar-refractivity contribution in [3.63, 3.8) is 0 Å². The van der Waals surface area contributed by atoms with Crippen LogP contribution in [-0.4, -0.2) is 41.3 Å². The Kier molecular flexibility index (Phi) is 4.17. The minimum absolute atomic E-state index is 0.0753. The van der Waals surface area contributed by atoms with Crippen molar-refractivity contribution in [1.29, 1.82) is 0 Å². The highest BCUT2D eigenvalue weighted by Crippen LogP contribution is 2.17. The van der Waals surface area contributed by atoms with E-state index in [0.717, 1.165) is 5.56 Å². The first-order valence-corrected chi connectivity index (χ1v) is 6.04. The molecule has 1 amide bonds. The Bertz CT molecular complexity index is 396. The summed E-state index contributed by atoms with van der Waals surface area (Å²) in [5.74, 6) is 0. The van der Waals surface area contributed by atoms with Gasteiger partial charge in [0.1, 0.15) is 6.61 Å². The Hall–Kier alpha value is -1.59. The van der Waals surface area contributed by atoms with Crippen LogP contribution in [0, 0.1) is 0 Å². The van der Waals surface area contributed by atoms with Crippen molar-refractivity contribution in [1.82, 2.24) is 4.90 Å². The SMILES string of the molecule is N[C@@H]1C[C@H](CO)N(C(=O)OCc2ccccc2)C1. The first-order valence-electron chi connectivity index (χ1n) is 6.04. The second-order valence-corrected chi connectivity index (χ2v) is 4.52. The van der Waals surface area contributed by atoms with Crippen molar-refractivity contribution >= 4 is 6.09 Å². The second kappa shape index (κ2) is 5.84. The Morgan fingerprint density at radius 2 is 2.17 bits per heavy atom. The summed E-state index contributed by atoms with van der Waals surface area (Å²) in [6.45, 7) is 0.608. The number of ether oxygens (including phenoxy) is 1. The van der Waals surface area contributed by atoms with E-state index >= 15 is 0 Å². The van der Waals surface area contributed by atoms with Crippen LogP contribution in [0.5, 0.6) is 0 Å². The molecule has 5 heteroatoms. The Balaban J connectivity index is 1.88. The molecule has 98 valence electrons. The van der Waals surface area contributed by atoms with Gasteiger partial charge in [0, 0.05) is 12.6 Å². The summed E-state index contributed by atoms with van der Waals surface area (Å²) in [4.78, 5) is 13.4. The molecule has 2 rings (SSSR count). The van der Waals surface area contributed by atoms with Crippen LogP contribution in [0.25, 0.3) is 0 Å². The van der Waals surface area contributed by atoms with Gasteiger partial charge in [0.25, 0.3) is 0 Å². The number of carbonyl (C=O) groups is 1. The van der Waals surface area contributed by atoms with Crippen molar-refractivity contribution in [3.8, 4) is 0 Å². The van der Waals surface area contributed by atoms with Gasteiger partial charge in [-0.05, 0) is 12.0 Å². The maximum atomic E-state index is 11.9. The summed E-state index contributed by atoms with van der Waals surface area (Å²) in [6.07, 6.45) is 0.211. The zero-order chi connectivity index (χ0) is 13.0. The summed E-state index contributed by atoms with van der Waals surface area (Å²) in [7, 11) is 0. The predicted octanol–water partition coefficient (Wildman–Crippen LogP) is 0.717. The quantitative estimate of drug-likeness (QED) is 0.828. The van der Waals surface area contributed by atoms with Crippen molar-refractivity contribution < 1.29 is 14.6 Å². The molecule has 1 heterocycles. The Labute approximate surface area is 106 Å². The van der Waals surface area contributed by atoms with Gasteiger partial charge in [-0.1, -0.05) is 30.3 Å². The highest BCUT2D eigenvalue weighted by Gasteiger charge is 2.33. The summed E-state index contributed by atoms with van der Waals surface area (Å²) >= 11 is 0. The lowest BCUT2D eigenvalue weighted by molar-refractivity contribution is 0.0794. The van der Waals surface area contributed by atoms with Gasteiger partial charge in [-0.25, -0.2) is 4.79 Å². The number of nitrogens with two attached hydrogens (primary N) is 1. The normalized spacial score (nSPS) is 23.1. The van der Waals surface area contributed by atoms with Crippen molar-refractivity contribution in [3.05, 3.63) is 35.9 Å². The molecule has 0 aliphatic carbocycles. The van der Waals surface area contributed by atoms with Crippen LogP contribution in [0.2, 0.25) is 0 Å². The topological polar surface area (TPSA) is 75.8 Å². The third-order valence-corrected chi connectivity index (χ3v) is 3.10. The minimum Gasteiger partial charge on any atom is -0.445 e. The van der Waals surface area contributed by atoms with E-state index in [0.29, 0.717) is 13.0 Å². The molecule has 1 aromatic carbocycles. The molecular formula is C13H18N2O3. The van der Waals surface area contributed by atoms with E-state index in [2.05, 4.69) is 0 Å². The van der Waals surface area contributed by atoms with Gasteiger partial charge in [0.2, 0.25) is 0 Å². The Morgan fingerprint density at radius 3 is 2.83 bits per heavy atom. The number of likely N-dealkylation sites (tertiary alicyclic amines) is 1. The smallest absolute Gasteiger partial charge is 0.410 e. The van der Waals surface area contributed by atoms with E-state index in [9.17, 15) is 9.90 Å². The van der Waals surface area contributed by atoms with Crippen LogP contribution < -0.4 is 5.73 Å². The largest absolute Gasteiger partial charge is 0.445 e. The highest BCUT2D eigenvalue weighted by atomic mass is 16.6. The van der Waals surface area contributed by atoms with Crippen LogP contribution in [-0.2, 0) is 11.3 Å². The molecule has 1 fully saturated rings. The van der Waals surface area contributed by atoms with Crippen LogP contribution in [0.15, 0.2) is 30.3 Å². The van der Waals surface area contributed by atoms with Crippen LogP contribution >= 0.6 is 0 Å². The molecule has 3 N–H and O–H groups in total. The zero-order valence-electron chi connectivity index (χ0n) is 10.2. The molecule has 0 aromatic heterocycles. The number of aliphatic hydroxyl groups is 1. The Morgan fingerprint density at radius 1 is 1.44 bits per heavy atom. The predicted molar refractivity (Wildman–Crippen MR) is 66.8 cm³/mol. The summed E-state index contributed by atoms with van der Waals surface area (Å²) < 4.78 is 5.21. The maximum Gasteiger partial charge on any atom is 0.410 e. The molecule has 5 nitrogen and oxygen atoms in total. The van der Waals surface area contributed by atoms with Gasteiger partial charge >= 0.3 is 6.09 Å². The van der Waals surface area contributed by atoms with Crippen molar-refractivity contribution in [2.45, 2.75) is 25.1 Å². The van der Waals surface area contributed by atoms with Crippen molar-refractivity contribution in [2.75, 3.05) is 13.2 Å². The van der Waals surface area contributed by atoms with E-state index in [-0.39, 0.29) is 25.3 Å². The summed E-state index contributed by atoms with van der Waals surface area (Å²) in [5.41, 5.74) is 6.72. The fraction of sp³-hybridized carbons (Fsp3) is 0.462. The van der Waals surface area contributed by atoms with E-state index in [1.165, 1.54) is 4.90 Å². The molecule has 0 bridgehead atoms. The van der Waals surface area contributed by atoms with Crippen LogP contribution in [0.4, 0.5) is 4.79 Å². The lowest BCUT2D eigenvalue weighted by Gasteiger charge is -2.22. The number of nitrogens with zero attached hydrogens (tertiary/aromatic N) is 1. The third kappa shape index (κ3) is 3.00. The summed E-state index contributed by atoms with van der Waals surface area (Å²) in [5, 5.41) is 9.18. The fourth-order valence-electron chi connectivity index (χ4n) is 2.15. The lowest BCUT2D eigenvalue weighted by Crippen LogP contribution is -2.38. The molecule has 1 aliphatic rings. The number of hydrogen-bond donors (Lipinski definition) is 2. The first kappa shape index (κ1) is 12.9. The van der Waals surface area contributed by atoms with E-state index < -0.39 is 6.09 Å². The van der Waals surface area contributed by atoms with Crippen LogP contribution in [0.1, 0.15) is 12.0 Å². The third-order valence-electron chi connectivity index (χ3n) is 3.10. The molecule has 18 heavy (non-hydrogen) atoms. The number of rotatable bonds is 3. The molecule has 0 saturated carbocycles. The fourth-order valence-corrected chi connectivity index (χ4v) is 2.15. The van der Waals surface area contributed by atoms with E-state index in [1.54, 1.807) is 0 Å². The molecule has 1 saturated heterocycles. The average molecular weight is 250 g/mol. The second-order valence-electron chi connectivity index (χ2n) is 4.52. The monoisotopic (exact) mass is 250 g/mol. The van der Waals surface area contributed by atoms with E-state index in [1.807, 2.05) is 30.3 Å². The zero-order valence-corrected chi connectivity index (χ0v) is 10.2. The molecule has 1 aromatic rings. The number of carbonyl (C=O) groups excluding carboxylic acids is 1. The number of aliphatic hydroxyl groups excluding tert-OH is 1. The number of hydrogen-bond acceptors (Lipinski definition) is 4. The molecule has 0 unspecified atom stereocenters. The maximum absolute atomic E-state index is 11.9. The lowest BCUT2D eigenvalue weighted by atomic mass is 10.2. The summed E-state index contributed by atoms with van der Waals surface area (Å²) in [6, 6.07) is 9.19. The van der Waals surface area contributed by atoms with Gasteiger partial charge in [0.15, 0.2) is 0 Å². The van der Waals surface area contributed by atoms with Gasteiger partial charge in [-0.2, -0.15) is 0 Å². The minimum atomic E-state index is -0.411. The van der Waals surface area contributed by atoms with Gasteiger partial charge in [0.05, 0.1) is 12.6 Å². The first-order chi connectivity index (χ1) is 8.70. The van der Waals surface area contributed by atoms with Gasteiger partial charge in [-0.15, -0.1) is 0 Å². The molecule has 2 atom stereocenters. The molecule has 0 spiro atoms. The number of amides is 1. The molecule has 1 aliphatic heterocycles.